The lowest BCUT2D eigenvalue weighted by Crippen LogP contribution is -2.02. The number of benzene rings is 2. The third kappa shape index (κ3) is 2.59. The zero-order valence-corrected chi connectivity index (χ0v) is 14.1. The van der Waals surface area contributed by atoms with Crippen molar-refractivity contribution in [3.63, 3.8) is 0 Å². The second-order valence-electron chi connectivity index (χ2n) is 5.95. The van der Waals surface area contributed by atoms with Gasteiger partial charge >= 0.3 is 0 Å². The van der Waals surface area contributed by atoms with Crippen LogP contribution >= 0.6 is 0 Å². The Balaban J connectivity index is 1.82. The van der Waals surface area contributed by atoms with E-state index in [9.17, 15) is 0 Å². The van der Waals surface area contributed by atoms with Crippen LogP contribution in [0.25, 0.3) is 27.9 Å². The van der Waals surface area contributed by atoms with Crippen LogP contribution in [-0.4, -0.2) is 21.7 Å². The van der Waals surface area contributed by atoms with E-state index in [-0.39, 0.29) is 0 Å². The van der Waals surface area contributed by atoms with Crippen LogP contribution < -0.4 is 10.5 Å². The first kappa shape index (κ1) is 15.2. The van der Waals surface area contributed by atoms with Crippen molar-refractivity contribution in [2.45, 2.75) is 6.92 Å². The molecule has 0 saturated heterocycles. The van der Waals surface area contributed by atoms with Gasteiger partial charge in [0, 0.05) is 17.3 Å². The van der Waals surface area contributed by atoms with E-state index in [1.165, 1.54) is 5.56 Å². The van der Waals surface area contributed by atoms with Crippen LogP contribution in [0, 0.1) is 6.92 Å². The van der Waals surface area contributed by atoms with Gasteiger partial charge in [-0.25, -0.2) is 4.98 Å². The fourth-order valence-electron chi connectivity index (χ4n) is 2.88. The summed E-state index contributed by atoms with van der Waals surface area (Å²) in [5.74, 6) is 1.39. The summed E-state index contributed by atoms with van der Waals surface area (Å²) in [5.41, 5.74) is 12.2. The number of rotatable bonds is 3. The van der Waals surface area contributed by atoms with Gasteiger partial charge in [-0.05, 0) is 30.2 Å². The van der Waals surface area contributed by atoms with Gasteiger partial charge in [-0.2, -0.15) is 9.61 Å². The molecule has 0 aliphatic carbocycles. The molecule has 0 amide bonds. The van der Waals surface area contributed by atoms with Gasteiger partial charge in [0.15, 0.2) is 5.65 Å². The topological polar surface area (TPSA) is 65.4 Å². The Morgan fingerprint density at radius 1 is 0.880 bits per heavy atom. The summed E-state index contributed by atoms with van der Waals surface area (Å²) >= 11 is 0. The molecule has 2 N–H and O–H groups in total. The summed E-state index contributed by atoms with van der Waals surface area (Å²) in [6, 6.07) is 16.0. The van der Waals surface area contributed by atoms with Crippen molar-refractivity contribution < 1.29 is 4.74 Å². The molecule has 4 rings (SSSR count). The van der Waals surface area contributed by atoms with Crippen molar-refractivity contribution in [3.05, 3.63) is 66.5 Å². The van der Waals surface area contributed by atoms with E-state index in [0.29, 0.717) is 5.82 Å². The van der Waals surface area contributed by atoms with E-state index in [4.69, 9.17) is 10.5 Å². The number of hydrogen-bond acceptors (Lipinski definition) is 4. The predicted octanol–water partition coefficient (Wildman–Crippen LogP) is 3.96. The minimum absolute atomic E-state index is 0.577. The van der Waals surface area contributed by atoms with E-state index in [0.717, 1.165) is 33.7 Å². The Labute approximate surface area is 145 Å². The Bertz CT molecular complexity index is 1030. The first-order valence-electron chi connectivity index (χ1n) is 8.01. The highest BCUT2D eigenvalue weighted by molar-refractivity contribution is 5.82. The number of ether oxygens (including phenoxy) is 1. The summed E-state index contributed by atoms with van der Waals surface area (Å²) in [6.45, 7) is 2.06. The van der Waals surface area contributed by atoms with Crippen molar-refractivity contribution >= 4 is 11.5 Å². The molecule has 5 nitrogen and oxygen atoms in total. The standard InChI is InChI=1S/C20H18N4O/c1-13-3-5-14(6-4-13)17-11-22-20-18(12-23-24(20)19(17)21)15-7-9-16(25-2)10-8-15/h3-12H,21H2,1-2H3. The summed E-state index contributed by atoms with van der Waals surface area (Å²) in [7, 11) is 1.65. The average Bonchev–Trinajstić information content (AvgIpc) is 3.08. The van der Waals surface area contributed by atoms with Gasteiger partial charge in [-0.3, -0.25) is 0 Å². The summed E-state index contributed by atoms with van der Waals surface area (Å²) in [4.78, 5) is 4.61. The molecule has 0 saturated carbocycles. The van der Waals surface area contributed by atoms with Crippen LogP contribution in [0.5, 0.6) is 5.75 Å². The van der Waals surface area contributed by atoms with Gasteiger partial charge in [0.25, 0.3) is 0 Å². The number of fused-ring (bicyclic) bond motifs is 1. The van der Waals surface area contributed by atoms with Crippen LogP contribution in [0.4, 0.5) is 5.82 Å². The third-order valence-corrected chi connectivity index (χ3v) is 4.33. The van der Waals surface area contributed by atoms with E-state index < -0.39 is 0 Å². The highest BCUT2D eigenvalue weighted by atomic mass is 16.5. The molecule has 0 bridgehead atoms. The normalized spacial score (nSPS) is 11.0. The first-order chi connectivity index (χ1) is 12.2. The van der Waals surface area contributed by atoms with E-state index in [1.807, 2.05) is 42.6 Å². The molecule has 2 heterocycles. The second kappa shape index (κ2) is 5.94. The summed E-state index contributed by atoms with van der Waals surface area (Å²) < 4.78 is 6.90. The van der Waals surface area contributed by atoms with Crippen LogP contribution in [-0.2, 0) is 0 Å². The average molecular weight is 330 g/mol. The smallest absolute Gasteiger partial charge is 0.165 e. The fraction of sp³-hybridized carbons (Fsp3) is 0.100. The van der Waals surface area contributed by atoms with Gasteiger partial charge in [0.1, 0.15) is 11.6 Å². The van der Waals surface area contributed by atoms with Crippen molar-refractivity contribution in [1.82, 2.24) is 14.6 Å². The minimum Gasteiger partial charge on any atom is -0.497 e. The number of nitrogens with two attached hydrogens (primary N) is 1. The third-order valence-electron chi connectivity index (χ3n) is 4.33. The fourth-order valence-corrected chi connectivity index (χ4v) is 2.88. The molecule has 0 atom stereocenters. The number of nitrogen functional groups attached to an aromatic ring is 1. The number of methoxy groups -OCH3 is 1. The minimum atomic E-state index is 0.577. The van der Waals surface area contributed by atoms with Crippen molar-refractivity contribution in [1.29, 1.82) is 0 Å². The maximum absolute atomic E-state index is 6.37. The van der Waals surface area contributed by atoms with E-state index in [1.54, 1.807) is 17.8 Å². The molecule has 0 radical (unpaired) electrons. The quantitative estimate of drug-likeness (QED) is 0.617. The van der Waals surface area contributed by atoms with E-state index in [2.05, 4.69) is 29.1 Å². The molecule has 124 valence electrons. The lowest BCUT2D eigenvalue weighted by atomic mass is 10.1. The SMILES string of the molecule is COc1ccc(-c2cnn3c(N)c(-c4ccc(C)cc4)cnc23)cc1. The molecular weight excluding hydrogens is 312 g/mol. The van der Waals surface area contributed by atoms with Crippen molar-refractivity contribution in [3.8, 4) is 28.0 Å². The van der Waals surface area contributed by atoms with Crippen LogP contribution in [0.1, 0.15) is 5.56 Å². The lowest BCUT2D eigenvalue weighted by molar-refractivity contribution is 0.415. The number of aryl methyl sites for hydroxylation is 1. The molecule has 5 heteroatoms. The van der Waals surface area contributed by atoms with Gasteiger partial charge in [0.2, 0.25) is 0 Å². The summed E-state index contributed by atoms with van der Waals surface area (Å²) in [6.07, 6.45) is 3.60. The molecule has 4 aromatic rings. The second-order valence-corrected chi connectivity index (χ2v) is 5.95. The number of nitrogens with zero attached hydrogens (tertiary/aromatic N) is 3. The molecule has 0 aliphatic rings. The molecule has 2 aromatic heterocycles. The van der Waals surface area contributed by atoms with Crippen LogP contribution in [0.3, 0.4) is 0 Å². The Morgan fingerprint density at radius 3 is 2.20 bits per heavy atom. The summed E-state index contributed by atoms with van der Waals surface area (Å²) in [5, 5.41) is 4.44. The Hall–Kier alpha value is -3.34. The molecular formula is C20H18N4O. The number of hydrogen-bond donors (Lipinski definition) is 1. The monoisotopic (exact) mass is 330 g/mol. The van der Waals surface area contributed by atoms with Gasteiger partial charge in [0.05, 0.1) is 13.3 Å². The van der Waals surface area contributed by atoms with Gasteiger partial charge < -0.3 is 10.5 Å². The highest BCUT2D eigenvalue weighted by Crippen LogP contribution is 2.30. The van der Waals surface area contributed by atoms with Crippen LogP contribution in [0.15, 0.2) is 60.9 Å². The lowest BCUT2D eigenvalue weighted by Gasteiger charge is -2.08. The Morgan fingerprint density at radius 2 is 1.52 bits per heavy atom. The van der Waals surface area contributed by atoms with E-state index >= 15 is 0 Å². The van der Waals surface area contributed by atoms with Gasteiger partial charge in [-0.1, -0.05) is 42.0 Å². The first-order valence-corrected chi connectivity index (χ1v) is 8.01. The molecule has 2 aromatic carbocycles. The van der Waals surface area contributed by atoms with Crippen molar-refractivity contribution in [2.75, 3.05) is 12.8 Å². The van der Waals surface area contributed by atoms with Crippen molar-refractivity contribution in [2.24, 2.45) is 0 Å². The van der Waals surface area contributed by atoms with Crippen LogP contribution in [0.2, 0.25) is 0 Å². The molecule has 0 aliphatic heterocycles. The Kier molecular flexibility index (Phi) is 3.61. The zero-order chi connectivity index (χ0) is 17.4. The predicted molar refractivity (Wildman–Crippen MR) is 99.6 cm³/mol. The maximum Gasteiger partial charge on any atom is 0.165 e. The highest BCUT2D eigenvalue weighted by Gasteiger charge is 2.13. The molecule has 0 fully saturated rings. The molecule has 0 unspecified atom stereocenters. The van der Waals surface area contributed by atoms with Gasteiger partial charge in [-0.15, -0.1) is 0 Å². The zero-order valence-electron chi connectivity index (χ0n) is 14.1. The largest absolute Gasteiger partial charge is 0.497 e. The number of aromatic nitrogens is 3. The maximum atomic E-state index is 6.37. The molecule has 0 spiro atoms. The number of anilines is 1. The molecule has 25 heavy (non-hydrogen) atoms.